The predicted octanol–water partition coefficient (Wildman–Crippen LogP) is 5.56. The molecule has 4 aromatic rings. The molecule has 0 bridgehead atoms. The first-order valence-corrected chi connectivity index (χ1v) is 16.6. The molecule has 1 aromatic carbocycles. The highest BCUT2D eigenvalue weighted by Gasteiger charge is 2.37. The van der Waals surface area contributed by atoms with Gasteiger partial charge < -0.3 is 24.6 Å². The molecule has 3 aromatic heterocycles. The lowest BCUT2D eigenvalue weighted by Crippen LogP contribution is -2.42. The van der Waals surface area contributed by atoms with Gasteiger partial charge in [-0.05, 0) is 66.2 Å². The topological polar surface area (TPSA) is 117 Å². The highest BCUT2D eigenvalue weighted by Crippen LogP contribution is 2.37. The molecule has 0 spiro atoms. The highest BCUT2D eigenvalue weighted by atomic mass is 28.4. The van der Waals surface area contributed by atoms with Gasteiger partial charge in [0.15, 0.2) is 8.32 Å². The zero-order valence-electron chi connectivity index (χ0n) is 24.1. The molecule has 9 nitrogen and oxygen atoms in total. The van der Waals surface area contributed by atoms with Crippen LogP contribution in [-0.4, -0.2) is 45.8 Å². The molecule has 3 heterocycles. The van der Waals surface area contributed by atoms with E-state index in [0.29, 0.717) is 19.4 Å². The van der Waals surface area contributed by atoms with Crippen LogP contribution in [-0.2, 0) is 22.2 Å². The van der Waals surface area contributed by atoms with Crippen molar-refractivity contribution in [1.29, 1.82) is 0 Å². The van der Waals surface area contributed by atoms with Crippen molar-refractivity contribution in [2.24, 2.45) is 5.73 Å². The van der Waals surface area contributed by atoms with Crippen LogP contribution in [0.25, 0.3) is 10.9 Å². The molecule has 0 aliphatic rings. The minimum atomic E-state index is -1.98. The molecule has 0 saturated heterocycles. The Hall–Kier alpha value is -3.76. The maximum Gasteiger partial charge on any atom is 0.268 e. The summed E-state index contributed by atoms with van der Waals surface area (Å²) in [6.07, 6.45) is 10.7. The van der Waals surface area contributed by atoms with Crippen molar-refractivity contribution in [3.05, 3.63) is 78.8 Å². The summed E-state index contributed by atoms with van der Waals surface area (Å²) in [7, 11) is -1.98. The third-order valence-electron chi connectivity index (χ3n) is 7.84. The number of anilines is 1. The summed E-state index contributed by atoms with van der Waals surface area (Å²) in [5.41, 5.74) is 8.55. The van der Waals surface area contributed by atoms with Crippen LogP contribution in [0.1, 0.15) is 55.7 Å². The molecule has 0 unspecified atom stereocenters. The van der Waals surface area contributed by atoms with E-state index in [-0.39, 0.29) is 22.7 Å². The lowest BCUT2D eigenvalue weighted by atomic mass is 10.1. The molecule has 0 radical (unpaired) electrons. The largest absolute Gasteiger partial charge is 0.415 e. The summed E-state index contributed by atoms with van der Waals surface area (Å²) in [6.45, 7) is 12.4. The number of aromatic nitrogens is 4. The third kappa shape index (κ3) is 7.25. The standard InChI is InChI=1S/C30H40N6O3Si/c1-30(2,3)40(4,5)39-20-25(36-19-26(29(31)38)33-21-36)13-16-35-15-12-23-9-10-24(17-27(23)35)34-28(37)11-8-22-7-6-14-32-18-22/h6-7,9-10,12,14-15,17-19,21,25H,8,11,13,16,20H2,1-5H3,(H2,31,38)(H,34,37)/t25-/m1/s1. The fourth-order valence-electron chi connectivity index (χ4n) is 4.28. The molecule has 10 heteroatoms. The van der Waals surface area contributed by atoms with Gasteiger partial charge in [0.25, 0.3) is 5.91 Å². The van der Waals surface area contributed by atoms with E-state index in [0.717, 1.165) is 35.1 Å². The number of hydrogen-bond donors (Lipinski definition) is 2. The van der Waals surface area contributed by atoms with Crippen LogP contribution < -0.4 is 11.1 Å². The molecule has 3 N–H and O–H groups in total. The second-order valence-corrected chi connectivity index (χ2v) is 16.6. The first kappa shape index (κ1) is 29.2. The highest BCUT2D eigenvalue weighted by molar-refractivity contribution is 6.74. The number of carbonyl (C=O) groups excluding carboxylic acids is 2. The maximum atomic E-state index is 12.6. The summed E-state index contributed by atoms with van der Waals surface area (Å²) >= 11 is 0. The van der Waals surface area contributed by atoms with Crippen LogP contribution in [0.3, 0.4) is 0 Å². The Balaban J connectivity index is 1.46. The molecule has 0 fully saturated rings. The van der Waals surface area contributed by atoms with E-state index in [9.17, 15) is 9.59 Å². The number of nitrogens with zero attached hydrogens (tertiary/aromatic N) is 4. The number of pyridine rings is 1. The van der Waals surface area contributed by atoms with E-state index in [4.69, 9.17) is 10.2 Å². The fourth-order valence-corrected chi connectivity index (χ4v) is 5.32. The lowest BCUT2D eigenvalue weighted by Gasteiger charge is -2.37. The van der Waals surface area contributed by atoms with Crippen molar-refractivity contribution in [3.8, 4) is 0 Å². The van der Waals surface area contributed by atoms with Gasteiger partial charge in [0.1, 0.15) is 5.69 Å². The Morgan fingerprint density at radius 3 is 2.65 bits per heavy atom. The van der Waals surface area contributed by atoms with Gasteiger partial charge in [-0.2, -0.15) is 0 Å². The molecular weight excluding hydrogens is 520 g/mol. The Morgan fingerprint density at radius 2 is 1.98 bits per heavy atom. The Labute approximate surface area is 236 Å². The number of imidazole rings is 1. The molecule has 2 amide bonds. The molecule has 4 rings (SSSR count). The second kappa shape index (κ2) is 12.2. The number of aryl methyl sites for hydroxylation is 2. The Bertz CT molecular complexity index is 1460. The second-order valence-electron chi connectivity index (χ2n) is 11.8. The zero-order chi connectivity index (χ0) is 28.9. The number of amides is 2. The van der Waals surface area contributed by atoms with E-state index in [2.05, 4.69) is 66.0 Å². The van der Waals surface area contributed by atoms with Crippen LogP contribution in [0, 0.1) is 0 Å². The van der Waals surface area contributed by atoms with Gasteiger partial charge in [0, 0.05) is 43.4 Å². The third-order valence-corrected chi connectivity index (χ3v) is 12.3. The Kier molecular flexibility index (Phi) is 8.90. The van der Waals surface area contributed by atoms with Gasteiger partial charge in [-0.3, -0.25) is 14.6 Å². The van der Waals surface area contributed by atoms with Gasteiger partial charge in [-0.25, -0.2) is 4.98 Å². The first-order valence-electron chi connectivity index (χ1n) is 13.7. The average Bonchev–Trinajstić information content (AvgIpc) is 3.55. The number of carbonyl (C=O) groups is 2. The summed E-state index contributed by atoms with van der Waals surface area (Å²) in [4.78, 5) is 32.6. The monoisotopic (exact) mass is 560 g/mol. The number of primary amides is 1. The van der Waals surface area contributed by atoms with Crippen LogP contribution in [0.4, 0.5) is 5.69 Å². The van der Waals surface area contributed by atoms with Crippen LogP contribution in [0.2, 0.25) is 18.1 Å². The van der Waals surface area contributed by atoms with Crippen molar-refractivity contribution in [3.63, 3.8) is 0 Å². The Morgan fingerprint density at radius 1 is 1.18 bits per heavy atom. The van der Waals surface area contributed by atoms with Crippen LogP contribution in [0.5, 0.6) is 0 Å². The molecule has 1 atom stereocenters. The van der Waals surface area contributed by atoms with E-state index in [1.54, 1.807) is 24.9 Å². The first-order chi connectivity index (χ1) is 18.9. The van der Waals surface area contributed by atoms with Crippen LogP contribution >= 0.6 is 0 Å². The zero-order valence-corrected chi connectivity index (χ0v) is 25.1. The number of nitrogens with two attached hydrogens (primary N) is 1. The quantitative estimate of drug-likeness (QED) is 0.220. The van der Waals surface area contributed by atoms with Gasteiger partial charge in [-0.1, -0.05) is 32.9 Å². The van der Waals surface area contributed by atoms with Crippen molar-refractivity contribution >= 4 is 36.7 Å². The van der Waals surface area contributed by atoms with Crippen molar-refractivity contribution in [2.75, 3.05) is 11.9 Å². The molecule has 0 saturated carbocycles. The summed E-state index contributed by atoms with van der Waals surface area (Å²) in [6, 6.07) is 11.9. The molecule has 0 aliphatic heterocycles. The summed E-state index contributed by atoms with van der Waals surface area (Å²) < 4.78 is 10.7. The maximum absolute atomic E-state index is 12.6. The smallest absolute Gasteiger partial charge is 0.268 e. The van der Waals surface area contributed by atoms with Crippen molar-refractivity contribution in [2.45, 2.75) is 70.8 Å². The summed E-state index contributed by atoms with van der Waals surface area (Å²) in [5, 5.41) is 4.21. The van der Waals surface area contributed by atoms with Gasteiger partial charge in [0.2, 0.25) is 5.91 Å². The van der Waals surface area contributed by atoms with Crippen molar-refractivity contribution < 1.29 is 14.0 Å². The molecule has 0 aliphatic carbocycles. The SMILES string of the molecule is CC(C)(C)[Si](C)(C)OC[C@@H](CCn1ccc2ccc(NC(=O)CCc3cccnc3)cc21)n1cnc(C(N)=O)c1. The average molecular weight is 561 g/mol. The van der Waals surface area contributed by atoms with Gasteiger partial charge in [-0.15, -0.1) is 0 Å². The minimum Gasteiger partial charge on any atom is -0.415 e. The predicted molar refractivity (Wildman–Crippen MR) is 161 cm³/mol. The fraction of sp³-hybridized carbons (Fsp3) is 0.400. The van der Waals surface area contributed by atoms with Gasteiger partial charge >= 0.3 is 0 Å². The number of fused-ring (bicyclic) bond motifs is 1. The van der Waals surface area contributed by atoms with Crippen LogP contribution in [0.15, 0.2) is 67.5 Å². The number of benzene rings is 1. The minimum absolute atomic E-state index is 0.0254. The molecule has 40 heavy (non-hydrogen) atoms. The molecule has 212 valence electrons. The van der Waals surface area contributed by atoms with Crippen molar-refractivity contribution in [1.82, 2.24) is 19.1 Å². The normalized spacial score (nSPS) is 12.9. The van der Waals surface area contributed by atoms with E-state index < -0.39 is 14.2 Å². The van der Waals surface area contributed by atoms with E-state index in [1.807, 2.05) is 34.9 Å². The number of rotatable bonds is 12. The number of hydrogen-bond acceptors (Lipinski definition) is 5. The van der Waals surface area contributed by atoms with E-state index >= 15 is 0 Å². The van der Waals surface area contributed by atoms with E-state index in [1.165, 1.54) is 0 Å². The lowest BCUT2D eigenvalue weighted by molar-refractivity contribution is -0.116. The molecular formula is C30H40N6O3Si. The van der Waals surface area contributed by atoms with Gasteiger partial charge in [0.05, 0.1) is 24.5 Å². The summed E-state index contributed by atoms with van der Waals surface area (Å²) in [5.74, 6) is -0.580. The number of nitrogens with one attached hydrogen (secondary N) is 1.